The molecule has 148 valence electrons. The highest BCUT2D eigenvalue weighted by Gasteiger charge is 2.15. The topological polar surface area (TPSA) is 103 Å². The van der Waals surface area contributed by atoms with Crippen molar-refractivity contribution in [1.82, 2.24) is 19.7 Å². The number of unbranched alkanes of at least 4 members (excludes halogenated alkanes) is 1. The predicted molar refractivity (Wildman–Crippen MR) is 109 cm³/mol. The minimum Gasteiger partial charge on any atom is -0.496 e. The van der Waals surface area contributed by atoms with E-state index in [1.807, 2.05) is 31.2 Å². The molecule has 0 aliphatic carbocycles. The highest BCUT2D eigenvalue weighted by molar-refractivity contribution is 5.82. The van der Waals surface area contributed by atoms with Crippen molar-refractivity contribution >= 4 is 10.9 Å². The average Bonchev–Trinajstić information content (AvgIpc) is 3.23. The molecule has 0 saturated heterocycles. The van der Waals surface area contributed by atoms with Crippen LogP contribution in [0.5, 0.6) is 5.75 Å². The maximum Gasteiger partial charge on any atom is 0.328 e. The van der Waals surface area contributed by atoms with Crippen LogP contribution in [-0.4, -0.2) is 26.8 Å². The Morgan fingerprint density at radius 2 is 2.00 bits per heavy atom. The zero-order valence-electron chi connectivity index (χ0n) is 16.1. The molecule has 0 amide bonds. The number of H-pyrrole nitrogens is 1. The van der Waals surface area contributed by atoms with Crippen LogP contribution in [0.4, 0.5) is 0 Å². The largest absolute Gasteiger partial charge is 0.496 e. The standard InChI is InChI=1S/C21H20N4O4/c1-3-4-11-25-20(26)14-10-9-13(12-16(14)22-21(25)27)19-23-18(24-29-19)15-7-5-6-8-17(15)28-2/h5-10,12H,3-4,11H2,1-2H3,(H,22,27). The normalized spacial score (nSPS) is 11.1. The van der Waals surface area contributed by atoms with E-state index in [0.717, 1.165) is 12.8 Å². The van der Waals surface area contributed by atoms with Crippen LogP contribution in [0.15, 0.2) is 56.6 Å². The van der Waals surface area contributed by atoms with Gasteiger partial charge in [-0.1, -0.05) is 30.6 Å². The van der Waals surface area contributed by atoms with Gasteiger partial charge in [0.1, 0.15) is 5.75 Å². The van der Waals surface area contributed by atoms with Crippen molar-refractivity contribution in [3.63, 3.8) is 0 Å². The van der Waals surface area contributed by atoms with Gasteiger partial charge < -0.3 is 14.2 Å². The summed E-state index contributed by atoms with van der Waals surface area (Å²) < 4.78 is 12.0. The smallest absolute Gasteiger partial charge is 0.328 e. The molecule has 0 unspecified atom stereocenters. The third-order valence-corrected chi connectivity index (χ3v) is 4.74. The van der Waals surface area contributed by atoms with Gasteiger partial charge in [-0.2, -0.15) is 4.98 Å². The Morgan fingerprint density at radius 3 is 2.79 bits per heavy atom. The SMILES string of the molecule is CCCCn1c(=O)[nH]c2cc(-c3nc(-c4ccccc4OC)no3)ccc2c1=O. The van der Waals surface area contributed by atoms with Crippen molar-refractivity contribution < 1.29 is 9.26 Å². The van der Waals surface area contributed by atoms with Gasteiger partial charge in [-0.05, 0) is 36.8 Å². The van der Waals surface area contributed by atoms with Crippen LogP contribution in [0.2, 0.25) is 0 Å². The zero-order valence-corrected chi connectivity index (χ0v) is 16.1. The number of rotatable bonds is 6. The molecule has 0 radical (unpaired) electrons. The van der Waals surface area contributed by atoms with Crippen LogP contribution in [-0.2, 0) is 6.54 Å². The van der Waals surface area contributed by atoms with Gasteiger partial charge in [0.15, 0.2) is 0 Å². The van der Waals surface area contributed by atoms with Gasteiger partial charge in [-0.15, -0.1) is 0 Å². The molecule has 2 aromatic carbocycles. The van der Waals surface area contributed by atoms with Crippen LogP contribution in [0.1, 0.15) is 19.8 Å². The van der Waals surface area contributed by atoms with E-state index in [1.54, 1.807) is 25.3 Å². The number of hydrogen-bond donors (Lipinski definition) is 1. The number of aromatic amines is 1. The molecule has 2 aromatic heterocycles. The first-order chi connectivity index (χ1) is 14.1. The molecule has 0 aliphatic rings. The Hall–Kier alpha value is -3.68. The maximum atomic E-state index is 12.6. The highest BCUT2D eigenvalue weighted by atomic mass is 16.5. The van der Waals surface area contributed by atoms with Gasteiger partial charge in [-0.3, -0.25) is 9.36 Å². The van der Waals surface area contributed by atoms with E-state index in [0.29, 0.717) is 40.1 Å². The molecular formula is C21H20N4O4. The number of hydrogen-bond acceptors (Lipinski definition) is 6. The second kappa shape index (κ2) is 7.75. The summed E-state index contributed by atoms with van der Waals surface area (Å²) in [6, 6.07) is 12.4. The van der Waals surface area contributed by atoms with Crippen molar-refractivity contribution in [2.24, 2.45) is 0 Å². The quantitative estimate of drug-likeness (QED) is 0.540. The van der Waals surface area contributed by atoms with Crippen molar-refractivity contribution in [1.29, 1.82) is 0 Å². The van der Waals surface area contributed by atoms with E-state index < -0.39 is 5.69 Å². The van der Waals surface area contributed by atoms with Crippen LogP contribution >= 0.6 is 0 Å². The van der Waals surface area contributed by atoms with Gasteiger partial charge in [0.05, 0.1) is 23.6 Å². The summed E-state index contributed by atoms with van der Waals surface area (Å²) in [6.45, 7) is 2.41. The van der Waals surface area contributed by atoms with Gasteiger partial charge in [0.2, 0.25) is 5.82 Å². The number of aromatic nitrogens is 4. The van der Waals surface area contributed by atoms with Crippen LogP contribution in [0.3, 0.4) is 0 Å². The molecule has 0 saturated carbocycles. The van der Waals surface area contributed by atoms with E-state index in [2.05, 4.69) is 15.1 Å². The van der Waals surface area contributed by atoms with Crippen molar-refractivity contribution in [3.05, 3.63) is 63.3 Å². The Labute approximate surface area is 165 Å². The van der Waals surface area contributed by atoms with Crippen molar-refractivity contribution in [2.75, 3.05) is 7.11 Å². The fraction of sp³-hybridized carbons (Fsp3) is 0.238. The summed E-state index contributed by atoms with van der Waals surface area (Å²) in [5.41, 5.74) is 1.02. The Morgan fingerprint density at radius 1 is 1.17 bits per heavy atom. The van der Waals surface area contributed by atoms with Crippen LogP contribution in [0, 0.1) is 0 Å². The molecule has 0 atom stereocenters. The molecule has 0 fully saturated rings. The predicted octanol–water partition coefficient (Wildman–Crippen LogP) is 3.22. The first-order valence-electron chi connectivity index (χ1n) is 9.36. The van der Waals surface area contributed by atoms with Gasteiger partial charge in [0, 0.05) is 12.1 Å². The Kier molecular flexibility index (Phi) is 4.99. The van der Waals surface area contributed by atoms with Crippen molar-refractivity contribution in [2.45, 2.75) is 26.3 Å². The lowest BCUT2D eigenvalue weighted by molar-refractivity contribution is 0.413. The summed E-state index contributed by atoms with van der Waals surface area (Å²) in [4.78, 5) is 32.2. The summed E-state index contributed by atoms with van der Waals surface area (Å²) >= 11 is 0. The molecule has 0 bridgehead atoms. The second-order valence-corrected chi connectivity index (χ2v) is 6.62. The first kappa shape index (κ1) is 18.7. The summed E-state index contributed by atoms with van der Waals surface area (Å²) in [5.74, 6) is 1.31. The number of benzene rings is 2. The Bertz CT molecular complexity index is 1290. The maximum absolute atomic E-state index is 12.6. The molecule has 8 heteroatoms. The first-order valence-corrected chi connectivity index (χ1v) is 9.36. The molecular weight excluding hydrogens is 372 g/mol. The molecule has 29 heavy (non-hydrogen) atoms. The second-order valence-electron chi connectivity index (χ2n) is 6.62. The molecule has 0 aliphatic heterocycles. The Balaban J connectivity index is 1.75. The average molecular weight is 392 g/mol. The van der Waals surface area contributed by atoms with E-state index in [9.17, 15) is 9.59 Å². The minimum atomic E-state index is -0.423. The monoisotopic (exact) mass is 392 g/mol. The number of methoxy groups -OCH3 is 1. The summed E-state index contributed by atoms with van der Waals surface area (Å²) in [7, 11) is 1.58. The molecule has 0 spiro atoms. The molecule has 8 nitrogen and oxygen atoms in total. The number of fused-ring (bicyclic) bond motifs is 1. The molecule has 2 heterocycles. The lowest BCUT2D eigenvalue weighted by atomic mass is 10.1. The van der Waals surface area contributed by atoms with Gasteiger partial charge in [-0.25, -0.2) is 4.79 Å². The number of nitrogens with zero attached hydrogens (tertiary/aromatic N) is 3. The van der Waals surface area contributed by atoms with E-state index in [-0.39, 0.29) is 11.4 Å². The number of nitrogens with one attached hydrogen (secondary N) is 1. The number of ether oxygens (including phenoxy) is 1. The molecule has 4 aromatic rings. The van der Waals surface area contributed by atoms with E-state index >= 15 is 0 Å². The zero-order chi connectivity index (χ0) is 20.4. The van der Waals surface area contributed by atoms with E-state index in [1.165, 1.54) is 4.57 Å². The van der Waals surface area contributed by atoms with Gasteiger partial charge >= 0.3 is 5.69 Å². The molecule has 1 N–H and O–H groups in total. The summed E-state index contributed by atoms with van der Waals surface area (Å²) in [6.07, 6.45) is 1.66. The highest BCUT2D eigenvalue weighted by Crippen LogP contribution is 2.29. The lowest BCUT2D eigenvalue weighted by Gasteiger charge is -2.06. The fourth-order valence-corrected chi connectivity index (χ4v) is 3.19. The summed E-state index contributed by atoms with van der Waals surface area (Å²) in [5, 5.41) is 4.47. The minimum absolute atomic E-state index is 0.281. The van der Waals surface area contributed by atoms with Crippen LogP contribution in [0.25, 0.3) is 33.7 Å². The third-order valence-electron chi connectivity index (χ3n) is 4.74. The third kappa shape index (κ3) is 3.44. The van der Waals surface area contributed by atoms with Gasteiger partial charge in [0.25, 0.3) is 11.4 Å². The fourth-order valence-electron chi connectivity index (χ4n) is 3.19. The number of para-hydroxylation sites is 1. The van der Waals surface area contributed by atoms with E-state index in [4.69, 9.17) is 9.26 Å². The van der Waals surface area contributed by atoms with Crippen LogP contribution < -0.4 is 16.0 Å². The van der Waals surface area contributed by atoms with Crippen molar-refractivity contribution in [3.8, 4) is 28.6 Å². The molecule has 4 rings (SSSR count). The lowest BCUT2D eigenvalue weighted by Crippen LogP contribution is -2.35.